The summed E-state index contributed by atoms with van der Waals surface area (Å²) in [5, 5.41) is 8.24. The Labute approximate surface area is 144 Å². The quantitative estimate of drug-likeness (QED) is 0.789. The number of rotatable bonds is 6. The van der Waals surface area contributed by atoms with Crippen LogP contribution >= 0.6 is 0 Å². The van der Waals surface area contributed by atoms with Gasteiger partial charge in [-0.3, -0.25) is 9.36 Å². The third kappa shape index (κ3) is 4.23. The van der Waals surface area contributed by atoms with E-state index in [0.717, 1.165) is 16.7 Å². The fourth-order valence-electron chi connectivity index (χ4n) is 3.01. The van der Waals surface area contributed by atoms with E-state index in [1.807, 2.05) is 17.8 Å². The normalized spacial score (nSPS) is 22.2. The Morgan fingerprint density at radius 2 is 1.88 bits per heavy atom. The Balaban J connectivity index is 1.60. The average molecular weight is 356 g/mol. The molecule has 1 saturated heterocycles. The monoisotopic (exact) mass is 356 g/mol. The van der Waals surface area contributed by atoms with Crippen LogP contribution < -0.4 is 0 Å². The smallest absolute Gasteiger partial charge is 0.374 e. The van der Waals surface area contributed by atoms with Crippen molar-refractivity contribution in [2.75, 3.05) is 6.61 Å². The van der Waals surface area contributed by atoms with Crippen LogP contribution in [-0.2, 0) is 11.3 Å². The Kier molecular flexibility index (Phi) is 4.90. The molecule has 0 radical (unpaired) electrons. The van der Waals surface area contributed by atoms with E-state index in [1.54, 1.807) is 0 Å². The minimum atomic E-state index is -4.26. The van der Waals surface area contributed by atoms with Gasteiger partial charge in [-0.15, -0.1) is 0 Å². The molecule has 2 aromatic heterocycles. The fraction of sp³-hybridized carbons (Fsp3) is 0.647. The zero-order chi connectivity index (χ0) is 18.2. The molecule has 2 aromatic rings. The van der Waals surface area contributed by atoms with Crippen LogP contribution in [0.5, 0.6) is 0 Å². The van der Waals surface area contributed by atoms with Gasteiger partial charge in [-0.1, -0.05) is 20.8 Å². The molecule has 0 saturated carbocycles. The number of hydrogen-bond donors (Lipinski definition) is 0. The van der Waals surface area contributed by atoms with E-state index in [-0.39, 0.29) is 18.1 Å². The van der Waals surface area contributed by atoms with E-state index < -0.39 is 12.7 Å². The lowest BCUT2D eigenvalue weighted by Gasteiger charge is -2.38. The van der Waals surface area contributed by atoms with Crippen molar-refractivity contribution >= 4 is 0 Å². The van der Waals surface area contributed by atoms with Gasteiger partial charge in [0.1, 0.15) is 12.6 Å². The highest BCUT2D eigenvalue weighted by molar-refractivity contribution is 5.13. The molecule has 138 valence electrons. The maximum atomic E-state index is 12.4. The molecule has 0 N–H and O–H groups in total. The zero-order valence-corrected chi connectivity index (χ0v) is 14.6. The zero-order valence-electron chi connectivity index (χ0n) is 14.6. The van der Waals surface area contributed by atoms with Gasteiger partial charge in [0.15, 0.2) is 0 Å². The van der Waals surface area contributed by atoms with Crippen LogP contribution in [-0.4, -0.2) is 38.4 Å². The first-order valence-electron chi connectivity index (χ1n) is 8.47. The molecule has 1 aliphatic heterocycles. The SMILES string of the molecule is CC(C)c1cnn(C2COC2CC(C)c2cnn(CC(F)(F)F)c2)c1. The molecule has 1 fully saturated rings. The number of ether oxygens (including phenoxy) is 1. The van der Waals surface area contributed by atoms with Gasteiger partial charge >= 0.3 is 6.18 Å². The lowest BCUT2D eigenvalue weighted by Crippen LogP contribution is -2.42. The second kappa shape index (κ2) is 6.82. The van der Waals surface area contributed by atoms with E-state index >= 15 is 0 Å². The molecule has 3 atom stereocenters. The summed E-state index contributed by atoms with van der Waals surface area (Å²) in [6, 6.07) is 0.181. The van der Waals surface area contributed by atoms with Crippen molar-refractivity contribution in [3.05, 3.63) is 35.9 Å². The third-order valence-electron chi connectivity index (χ3n) is 4.69. The van der Waals surface area contributed by atoms with Crippen LogP contribution in [0.3, 0.4) is 0 Å². The Hall–Kier alpha value is -1.83. The average Bonchev–Trinajstić information content (AvgIpc) is 3.11. The van der Waals surface area contributed by atoms with Crippen LogP contribution in [0.25, 0.3) is 0 Å². The van der Waals surface area contributed by atoms with Crippen molar-refractivity contribution in [2.45, 2.75) is 63.9 Å². The Morgan fingerprint density at radius 3 is 2.44 bits per heavy atom. The number of nitrogens with zero attached hydrogens (tertiary/aromatic N) is 4. The number of halogens is 3. The van der Waals surface area contributed by atoms with Gasteiger partial charge < -0.3 is 4.74 Å². The van der Waals surface area contributed by atoms with Crippen molar-refractivity contribution in [3.63, 3.8) is 0 Å². The van der Waals surface area contributed by atoms with Gasteiger partial charge in [0, 0.05) is 12.4 Å². The van der Waals surface area contributed by atoms with E-state index in [2.05, 4.69) is 30.2 Å². The standard InChI is InChI=1S/C17H23F3N4O/c1-11(2)13-5-22-24(8-13)15-9-25-16(15)4-12(3)14-6-21-23(7-14)10-17(18,19)20/h5-8,11-12,15-16H,4,9-10H2,1-3H3. The Bertz CT molecular complexity index is 707. The summed E-state index contributed by atoms with van der Waals surface area (Å²) in [6.45, 7) is 5.78. The van der Waals surface area contributed by atoms with Crippen molar-refractivity contribution < 1.29 is 17.9 Å². The molecule has 3 heterocycles. The minimum absolute atomic E-state index is 0.0147. The van der Waals surface area contributed by atoms with Gasteiger partial charge in [-0.25, -0.2) is 0 Å². The molecule has 25 heavy (non-hydrogen) atoms. The number of aromatic nitrogens is 4. The van der Waals surface area contributed by atoms with E-state index in [4.69, 9.17) is 4.74 Å². The lowest BCUT2D eigenvalue weighted by atomic mass is 9.92. The first-order chi connectivity index (χ1) is 11.7. The lowest BCUT2D eigenvalue weighted by molar-refractivity contribution is -0.142. The maximum absolute atomic E-state index is 12.4. The molecule has 0 amide bonds. The summed E-state index contributed by atoms with van der Waals surface area (Å²) in [5.74, 6) is 0.488. The third-order valence-corrected chi connectivity index (χ3v) is 4.69. The summed E-state index contributed by atoms with van der Waals surface area (Å²) in [7, 11) is 0. The van der Waals surface area contributed by atoms with Crippen molar-refractivity contribution in [1.29, 1.82) is 0 Å². The topological polar surface area (TPSA) is 44.9 Å². The number of hydrogen-bond acceptors (Lipinski definition) is 3. The Morgan fingerprint density at radius 1 is 1.16 bits per heavy atom. The van der Waals surface area contributed by atoms with Crippen LogP contribution in [0.2, 0.25) is 0 Å². The van der Waals surface area contributed by atoms with Crippen molar-refractivity contribution in [2.24, 2.45) is 0 Å². The summed E-state index contributed by atoms with van der Waals surface area (Å²) >= 11 is 0. The highest BCUT2D eigenvalue weighted by Gasteiger charge is 2.36. The second-order valence-corrected chi connectivity index (χ2v) is 7.07. The highest BCUT2D eigenvalue weighted by atomic mass is 19.4. The molecule has 5 nitrogen and oxygen atoms in total. The molecule has 0 aliphatic carbocycles. The molecule has 3 rings (SSSR count). The number of alkyl halides is 3. The van der Waals surface area contributed by atoms with Gasteiger partial charge in [0.2, 0.25) is 0 Å². The van der Waals surface area contributed by atoms with Gasteiger partial charge in [-0.05, 0) is 29.4 Å². The summed E-state index contributed by atoms with van der Waals surface area (Å²) in [5.41, 5.74) is 1.98. The van der Waals surface area contributed by atoms with E-state index in [9.17, 15) is 13.2 Å². The van der Waals surface area contributed by atoms with Crippen molar-refractivity contribution in [1.82, 2.24) is 19.6 Å². The van der Waals surface area contributed by atoms with E-state index in [0.29, 0.717) is 12.5 Å². The molecule has 1 aliphatic rings. The van der Waals surface area contributed by atoms with Crippen LogP contribution in [0.4, 0.5) is 13.2 Å². The minimum Gasteiger partial charge on any atom is -0.374 e. The predicted octanol–water partition coefficient (Wildman–Crippen LogP) is 3.90. The summed E-state index contributed by atoms with van der Waals surface area (Å²) in [4.78, 5) is 0. The molecular formula is C17H23F3N4O. The van der Waals surface area contributed by atoms with Crippen molar-refractivity contribution in [3.8, 4) is 0 Å². The molecule has 0 bridgehead atoms. The largest absolute Gasteiger partial charge is 0.408 e. The molecule has 8 heteroatoms. The second-order valence-electron chi connectivity index (χ2n) is 7.07. The molecule has 3 unspecified atom stereocenters. The predicted molar refractivity (Wildman–Crippen MR) is 86.4 cm³/mol. The summed E-state index contributed by atoms with van der Waals surface area (Å²) in [6.07, 6.45) is 3.38. The van der Waals surface area contributed by atoms with Gasteiger partial charge in [0.25, 0.3) is 0 Å². The summed E-state index contributed by atoms with van der Waals surface area (Å²) < 4.78 is 45.9. The van der Waals surface area contributed by atoms with Gasteiger partial charge in [0.05, 0.1) is 25.1 Å². The van der Waals surface area contributed by atoms with Crippen LogP contribution in [0, 0.1) is 0 Å². The van der Waals surface area contributed by atoms with E-state index in [1.165, 1.54) is 18.0 Å². The maximum Gasteiger partial charge on any atom is 0.408 e. The first kappa shape index (κ1) is 18.0. The van der Waals surface area contributed by atoms with Crippen LogP contribution in [0.15, 0.2) is 24.8 Å². The first-order valence-corrected chi connectivity index (χ1v) is 8.47. The fourth-order valence-corrected chi connectivity index (χ4v) is 3.01. The van der Waals surface area contributed by atoms with Crippen LogP contribution in [0.1, 0.15) is 56.2 Å². The molecular weight excluding hydrogens is 333 g/mol. The molecule has 0 aromatic carbocycles. The highest BCUT2D eigenvalue weighted by Crippen LogP contribution is 2.34. The van der Waals surface area contributed by atoms with Gasteiger partial charge in [-0.2, -0.15) is 23.4 Å². The molecule has 0 spiro atoms.